The van der Waals surface area contributed by atoms with Gasteiger partial charge in [-0.2, -0.15) is 0 Å². The van der Waals surface area contributed by atoms with Crippen molar-refractivity contribution in [2.24, 2.45) is 0 Å². The highest BCUT2D eigenvalue weighted by molar-refractivity contribution is 6.13. The molecule has 1 aromatic carbocycles. The van der Waals surface area contributed by atoms with E-state index in [0.29, 0.717) is 13.1 Å². The number of nitrogens with zero attached hydrogens (tertiary/aromatic N) is 5. The normalized spacial score (nSPS) is 14.3. The molecule has 0 bridgehead atoms. The van der Waals surface area contributed by atoms with E-state index in [4.69, 9.17) is 0 Å². The quantitative estimate of drug-likeness (QED) is 0.535. The summed E-state index contributed by atoms with van der Waals surface area (Å²) in [6, 6.07) is 13.6. The summed E-state index contributed by atoms with van der Waals surface area (Å²) in [4.78, 5) is 30.1. The van der Waals surface area contributed by atoms with Gasteiger partial charge in [-0.25, -0.2) is 9.78 Å². The van der Waals surface area contributed by atoms with Crippen molar-refractivity contribution in [2.45, 2.75) is 0 Å². The minimum Gasteiger partial charge on any atom is -0.353 e. The first kappa shape index (κ1) is 17.4. The van der Waals surface area contributed by atoms with Gasteiger partial charge in [0.2, 0.25) is 0 Å². The lowest BCUT2D eigenvalue weighted by molar-refractivity contribution is 0.208. The first-order valence-electron chi connectivity index (χ1n) is 9.63. The van der Waals surface area contributed by atoms with Crippen LogP contribution in [-0.2, 0) is 0 Å². The predicted octanol–water partition coefficient (Wildman–Crippen LogP) is 3.53. The summed E-state index contributed by atoms with van der Waals surface area (Å²) >= 11 is 0. The van der Waals surface area contributed by atoms with Crippen LogP contribution in [0.25, 0.3) is 21.7 Å². The fourth-order valence-corrected chi connectivity index (χ4v) is 3.78. The van der Waals surface area contributed by atoms with Crippen LogP contribution >= 0.6 is 0 Å². The molecular weight excluding hydrogens is 364 g/mol. The van der Waals surface area contributed by atoms with Gasteiger partial charge >= 0.3 is 6.03 Å². The molecule has 4 heterocycles. The molecule has 29 heavy (non-hydrogen) atoms. The largest absolute Gasteiger partial charge is 0.353 e. The first-order valence-corrected chi connectivity index (χ1v) is 9.63. The second-order valence-corrected chi connectivity index (χ2v) is 7.01. The number of pyridine rings is 3. The van der Waals surface area contributed by atoms with E-state index in [9.17, 15) is 4.79 Å². The third kappa shape index (κ3) is 3.31. The summed E-state index contributed by atoms with van der Waals surface area (Å²) < 4.78 is 0. The predicted molar refractivity (Wildman–Crippen MR) is 114 cm³/mol. The molecular formula is C22H20N6O. The number of amides is 2. The standard InChI is InChI=1S/C22H20N6O/c29-22(28-12-10-27(11-13-28)20-5-1-2-7-24-20)26-19-14-16-6-9-23-15-18(16)21-17(19)4-3-8-25-21/h1-9,14-15H,10-13H2,(H,26,29). The second-order valence-electron chi connectivity index (χ2n) is 7.01. The Morgan fingerprint density at radius 3 is 2.59 bits per heavy atom. The zero-order chi connectivity index (χ0) is 19.6. The zero-order valence-electron chi connectivity index (χ0n) is 15.8. The Morgan fingerprint density at radius 1 is 0.897 bits per heavy atom. The number of nitrogens with one attached hydrogen (secondary N) is 1. The number of carbonyl (C=O) groups is 1. The molecule has 7 heteroatoms. The van der Waals surface area contributed by atoms with Crippen LogP contribution in [0, 0.1) is 0 Å². The molecule has 0 unspecified atom stereocenters. The van der Waals surface area contributed by atoms with E-state index in [1.807, 2.05) is 53.6 Å². The van der Waals surface area contributed by atoms with Gasteiger partial charge in [0.15, 0.2) is 0 Å². The zero-order valence-corrected chi connectivity index (χ0v) is 15.8. The Morgan fingerprint density at radius 2 is 1.76 bits per heavy atom. The molecule has 0 atom stereocenters. The van der Waals surface area contributed by atoms with Crippen molar-refractivity contribution in [3.63, 3.8) is 0 Å². The van der Waals surface area contributed by atoms with E-state index in [1.54, 1.807) is 18.6 Å². The van der Waals surface area contributed by atoms with Crippen LogP contribution in [0.4, 0.5) is 16.3 Å². The van der Waals surface area contributed by atoms with Crippen molar-refractivity contribution in [1.82, 2.24) is 19.9 Å². The van der Waals surface area contributed by atoms with Gasteiger partial charge in [-0.1, -0.05) is 6.07 Å². The highest BCUT2D eigenvalue weighted by Gasteiger charge is 2.22. The SMILES string of the molecule is O=C(Nc1cc2ccncc2c2ncccc12)N1CCN(c2ccccn2)CC1. The Bertz CT molecular complexity index is 1170. The number of anilines is 2. The van der Waals surface area contributed by atoms with Crippen molar-refractivity contribution in [3.8, 4) is 0 Å². The molecule has 0 spiro atoms. The first-order chi connectivity index (χ1) is 14.3. The molecule has 1 N–H and O–H groups in total. The third-order valence-electron chi connectivity index (χ3n) is 5.29. The minimum atomic E-state index is -0.0933. The van der Waals surface area contributed by atoms with E-state index in [1.165, 1.54) is 0 Å². The van der Waals surface area contributed by atoms with Gasteiger partial charge < -0.3 is 15.1 Å². The molecule has 3 aromatic heterocycles. The van der Waals surface area contributed by atoms with Crippen LogP contribution < -0.4 is 10.2 Å². The van der Waals surface area contributed by atoms with Crippen molar-refractivity contribution in [2.75, 3.05) is 36.4 Å². The van der Waals surface area contributed by atoms with E-state index >= 15 is 0 Å². The monoisotopic (exact) mass is 384 g/mol. The van der Waals surface area contributed by atoms with Gasteiger partial charge in [0.1, 0.15) is 5.82 Å². The maximum Gasteiger partial charge on any atom is 0.321 e. The molecule has 0 saturated carbocycles. The van der Waals surface area contributed by atoms with Gasteiger partial charge in [0.05, 0.1) is 11.2 Å². The summed E-state index contributed by atoms with van der Waals surface area (Å²) in [5.41, 5.74) is 1.61. The van der Waals surface area contributed by atoms with Crippen LogP contribution in [0.5, 0.6) is 0 Å². The summed E-state index contributed by atoms with van der Waals surface area (Å²) in [7, 11) is 0. The van der Waals surface area contributed by atoms with Crippen LogP contribution in [0.15, 0.2) is 67.3 Å². The molecule has 2 amide bonds. The second kappa shape index (κ2) is 7.35. The van der Waals surface area contributed by atoms with Gasteiger partial charge in [0.25, 0.3) is 0 Å². The van der Waals surface area contributed by atoms with Crippen LogP contribution in [0.1, 0.15) is 0 Å². The van der Waals surface area contributed by atoms with Crippen LogP contribution in [-0.4, -0.2) is 52.1 Å². The molecule has 7 nitrogen and oxygen atoms in total. The van der Waals surface area contributed by atoms with E-state index in [2.05, 4.69) is 25.2 Å². The lowest BCUT2D eigenvalue weighted by atomic mass is 10.1. The smallest absolute Gasteiger partial charge is 0.321 e. The number of carbonyl (C=O) groups excluding carboxylic acids is 1. The summed E-state index contributed by atoms with van der Waals surface area (Å²) in [6.45, 7) is 2.82. The molecule has 144 valence electrons. The van der Waals surface area contributed by atoms with Gasteiger partial charge in [-0.15, -0.1) is 0 Å². The number of fused-ring (bicyclic) bond motifs is 3. The van der Waals surface area contributed by atoms with E-state index < -0.39 is 0 Å². The molecule has 1 fully saturated rings. The molecule has 1 aliphatic rings. The van der Waals surface area contributed by atoms with Crippen molar-refractivity contribution >= 4 is 39.2 Å². The van der Waals surface area contributed by atoms with E-state index in [-0.39, 0.29) is 6.03 Å². The maximum absolute atomic E-state index is 12.9. The fourth-order valence-electron chi connectivity index (χ4n) is 3.78. The molecule has 4 aromatic rings. The average Bonchev–Trinajstić information content (AvgIpc) is 2.80. The van der Waals surface area contributed by atoms with Crippen molar-refractivity contribution < 1.29 is 4.79 Å². The Hall–Kier alpha value is -3.74. The van der Waals surface area contributed by atoms with Crippen LogP contribution in [0.2, 0.25) is 0 Å². The molecule has 1 aliphatic heterocycles. The lowest BCUT2D eigenvalue weighted by Gasteiger charge is -2.35. The van der Waals surface area contributed by atoms with Crippen molar-refractivity contribution in [1.29, 1.82) is 0 Å². The molecule has 0 radical (unpaired) electrons. The highest BCUT2D eigenvalue weighted by atomic mass is 16.2. The lowest BCUT2D eigenvalue weighted by Crippen LogP contribution is -2.50. The number of urea groups is 1. The van der Waals surface area contributed by atoms with Gasteiger partial charge in [-0.05, 0) is 41.8 Å². The third-order valence-corrected chi connectivity index (χ3v) is 5.29. The number of hydrogen-bond donors (Lipinski definition) is 1. The number of hydrogen-bond acceptors (Lipinski definition) is 5. The molecule has 0 aliphatic carbocycles. The van der Waals surface area contributed by atoms with Gasteiger partial charge in [-0.3, -0.25) is 9.97 Å². The summed E-state index contributed by atoms with van der Waals surface area (Å²) in [6.07, 6.45) is 7.12. The minimum absolute atomic E-state index is 0.0933. The van der Waals surface area contributed by atoms with Gasteiger partial charge in [0, 0.05) is 61.7 Å². The fraction of sp³-hybridized carbons (Fsp3) is 0.182. The topological polar surface area (TPSA) is 74.2 Å². The maximum atomic E-state index is 12.9. The molecule has 1 saturated heterocycles. The Kier molecular flexibility index (Phi) is 4.40. The van der Waals surface area contributed by atoms with Crippen LogP contribution in [0.3, 0.4) is 0 Å². The summed E-state index contributed by atoms with van der Waals surface area (Å²) in [5, 5.41) is 5.98. The number of benzene rings is 1. The highest BCUT2D eigenvalue weighted by Crippen LogP contribution is 2.30. The Labute approximate surface area is 168 Å². The average molecular weight is 384 g/mol. The van der Waals surface area contributed by atoms with E-state index in [0.717, 1.165) is 46.3 Å². The Balaban J connectivity index is 1.36. The number of rotatable bonds is 2. The number of piperazine rings is 1. The molecule has 5 rings (SSSR count). The summed E-state index contributed by atoms with van der Waals surface area (Å²) in [5.74, 6) is 0.952. The van der Waals surface area contributed by atoms with Crippen molar-refractivity contribution in [3.05, 3.63) is 67.3 Å². The number of aromatic nitrogens is 3.